The van der Waals surface area contributed by atoms with E-state index in [1.807, 2.05) is 31.5 Å². The van der Waals surface area contributed by atoms with Gasteiger partial charge in [0.2, 0.25) is 0 Å². The number of nitrogens with zero attached hydrogens (tertiary/aromatic N) is 2. The van der Waals surface area contributed by atoms with Gasteiger partial charge < -0.3 is 15.3 Å². The molecule has 1 amide bonds. The van der Waals surface area contributed by atoms with E-state index in [1.54, 1.807) is 12.1 Å². The van der Waals surface area contributed by atoms with Crippen molar-refractivity contribution in [1.82, 2.24) is 10.3 Å². The second-order valence-electron chi connectivity index (χ2n) is 6.11. The summed E-state index contributed by atoms with van der Waals surface area (Å²) in [6.45, 7) is 3.61. The van der Waals surface area contributed by atoms with E-state index in [2.05, 4.69) is 37.2 Å². The SMILES string of the molecule is Cc1cncc(N2CC[C@@H](NC(=O)C(O)c3ccc(Br)cc3)C2)c1. The first-order valence-corrected chi connectivity index (χ1v) is 8.73. The van der Waals surface area contributed by atoms with E-state index in [1.165, 1.54) is 0 Å². The van der Waals surface area contributed by atoms with Gasteiger partial charge in [-0.15, -0.1) is 0 Å². The molecule has 126 valence electrons. The van der Waals surface area contributed by atoms with Gasteiger partial charge in [0.1, 0.15) is 0 Å². The number of aliphatic hydroxyl groups excluding tert-OH is 1. The summed E-state index contributed by atoms with van der Waals surface area (Å²) in [5.41, 5.74) is 2.78. The number of amides is 1. The van der Waals surface area contributed by atoms with Crippen molar-refractivity contribution in [2.45, 2.75) is 25.5 Å². The Morgan fingerprint density at radius 3 is 2.83 bits per heavy atom. The van der Waals surface area contributed by atoms with Crippen LogP contribution in [0.4, 0.5) is 5.69 Å². The highest BCUT2D eigenvalue weighted by Crippen LogP contribution is 2.21. The van der Waals surface area contributed by atoms with Gasteiger partial charge in [-0.05, 0) is 42.7 Å². The Kier molecular flexibility index (Phi) is 5.16. The number of benzene rings is 1. The molecule has 0 aliphatic carbocycles. The van der Waals surface area contributed by atoms with E-state index < -0.39 is 6.10 Å². The van der Waals surface area contributed by atoms with Crippen molar-refractivity contribution in [3.8, 4) is 0 Å². The highest BCUT2D eigenvalue weighted by Gasteiger charge is 2.27. The molecular weight excluding hydrogens is 370 g/mol. The molecule has 0 radical (unpaired) electrons. The third kappa shape index (κ3) is 3.94. The number of rotatable bonds is 4. The number of anilines is 1. The summed E-state index contributed by atoms with van der Waals surface area (Å²) in [6, 6.07) is 9.24. The van der Waals surface area contributed by atoms with Crippen LogP contribution in [-0.4, -0.2) is 35.1 Å². The number of aromatic nitrogens is 1. The van der Waals surface area contributed by atoms with Crippen LogP contribution in [-0.2, 0) is 4.79 Å². The molecule has 1 aliphatic rings. The van der Waals surface area contributed by atoms with Crippen LogP contribution in [0.25, 0.3) is 0 Å². The first kappa shape index (κ1) is 16.9. The lowest BCUT2D eigenvalue weighted by atomic mass is 10.1. The first-order valence-electron chi connectivity index (χ1n) is 7.93. The second-order valence-corrected chi connectivity index (χ2v) is 7.03. The molecule has 1 fully saturated rings. The predicted molar refractivity (Wildman–Crippen MR) is 96.8 cm³/mol. The van der Waals surface area contributed by atoms with Crippen LogP contribution >= 0.6 is 15.9 Å². The van der Waals surface area contributed by atoms with Crippen molar-refractivity contribution in [1.29, 1.82) is 0 Å². The third-order valence-corrected chi connectivity index (χ3v) is 4.72. The van der Waals surface area contributed by atoms with E-state index in [9.17, 15) is 9.90 Å². The van der Waals surface area contributed by atoms with E-state index in [4.69, 9.17) is 0 Å². The zero-order valence-corrected chi connectivity index (χ0v) is 15.0. The van der Waals surface area contributed by atoms with Crippen LogP contribution in [0.15, 0.2) is 47.2 Å². The van der Waals surface area contributed by atoms with Gasteiger partial charge in [-0.25, -0.2) is 0 Å². The van der Waals surface area contributed by atoms with Crippen LogP contribution in [0.3, 0.4) is 0 Å². The fourth-order valence-corrected chi connectivity index (χ4v) is 3.17. The first-order chi connectivity index (χ1) is 11.5. The fraction of sp³-hybridized carbons (Fsp3) is 0.333. The smallest absolute Gasteiger partial charge is 0.253 e. The van der Waals surface area contributed by atoms with Gasteiger partial charge in [-0.3, -0.25) is 9.78 Å². The lowest BCUT2D eigenvalue weighted by molar-refractivity contribution is -0.130. The number of aryl methyl sites for hydroxylation is 1. The zero-order valence-electron chi connectivity index (χ0n) is 13.4. The second kappa shape index (κ2) is 7.32. The standard InChI is InChI=1S/C18H20BrN3O2/c1-12-8-16(10-20-9-12)22-7-6-15(11-22)21-18(24)17(23)13-2-4-14(19)5-3-13/h2-5,8-10,15,17,23H,6-7,11H2,1H3,(H,21,24)/t15-,17?/m1/s1. The van der Waals surface area contributed by atoms with E-state index in [-0.39, 0.29) is 11.9 Å². The molecule has 2 N–H and O–H groups in total. The maximum absolute atomic E-state index is 12.3. The summed E-state index contributed by atoms with van der Waals surface area (Å²) < 4.78 is 0.914. The number of carbonyl (C=O) groups excluding carboxylic acids is 1. The van der Waals surface area contributed by atoms with Gasteiger partial charge in [0.05, 0.1) is 11.9 Å². The van der Waals surface area contributed by atoms with E-state index >= 15 is 0 Å². The monoisotopic (exact) mass is 389 g/mol. The minimum absolute atomic E-state index is 0.0307. The lowest BCUT2D eigenvalue weighted by Gasteiger charge is -2.20. The summed E-state index contributed by atoms with van der Waals surface area (Å²) >= 11 is 3.34. The Hall–Kier alpha value is -1.92. The summed E-state index contributed by atoms with van der Waals surface area (Å²) in [5.74, 6) is -0.355. The van der Waals surface area contributed by atoms with Crippen LogP contribution in [0.2, 0.25) is 0 Å². The van der Waals surface area contributed by atoms with Crippen LogP contribution < -0.4 is 10.2 Å². The minimum Gasteiger partial charge on any atom is -0.378 e. The largest absolute Gasteiger partial charge is 0.378 e. The topological polar surface area (TPSA) is 65.5 Å². The molecule has 2 atom stereocenters. The van der Waals surface area contributed by atoms with Crippen molar-refractivity contribution >= 4 is 27.5 Å². The van der Waals surface area contributed by atoms with Gasteiger partial charge in [0, 0.05) is 29.8 Å². The number of carbonyl (C=O) groups is 1. The Morgan fingerprint density at radius 2 is 2.12 bits per heavy atom. The number of halogens is 1. The van der Waals surface area contributed by atoms with Crippen molar-refractivity contribution in [3.63, 3.8) is 0 Å². The van der Waals surface area contributed by atoms with E-state index in [0.29, 0.717) is 5.56 Å². The lowest BCUT2D eigenvalue weighted by Crippen LogP contribution is -2.39. The zero-order chi connectivity index (χ0) is 17.1. The highest BCUT2D eigenvalue weighted by molar-refractivity contribution is 9.10. The average molecular weight is 390 g/mol. The molecule has 1 aliphatic heterocycles. The molecule has 1 aromatic heterocycles. The van der Waals surface area contributed by atoms with Gasteiger partial charge in [0.25, 0.3) is 5.91 Å². The molecule has 6 heteroatoms. The quantitative estimate of drug-likeness (QED) is 0.843. The normalized spacial score (nSPS) is 18.5. The van der Waals surface area contributed by atoms with Gasteiger partial charge in [-0.1, -0.05) is 28.1 Å². The number of nitrogens with one attached hydrogen (secondary N) is 1. The molecule has 24 heavy (non-hydrogen) atoms. The highest BCUT2D eigenvalue weighted by atomic mass is 79.9. The van der Waals surface area contributed by atoms with Gasteiger partial charge in [0.15, 0.2) is 6.10 Å². The van der Waals surface area contributed by atoms with Crippen molar-refractivity contribution < 1.29 is 9.90 Å². The third-order valence-electron chi connectivity index (χ3n) is 4.19. The van der Waals surface area contributed by atoms with Gasteiger partial charge in [-0.2, -0.15) is 0 Å². The maximum Gasteiger partial charge on any atom is 0.253 e. The summed E-state index contributed by atoms with van der Waals surface area (Å²) in [5, 5.41) is 13.2. The maximum atomic E-state index is 12.3. The molecule has 5 nitrogen and oxygen atoms in total. The molecule has 1 saturated heterocycles. The molecule has 2 aromatic rings. The number of pyridine rings is 1. The molecule has 3 rings (SSSR count). The molecular formula is C18H20BrN3O2. The Bertz CT molecular complexity index is 720. The van der Waals surface area contributed by atoms with Crippen molar-refractivity contribution in [3.05, 3.63) is 58.3 Å². The number of hydrogen-bond acceptors (Lipinski definition) is 4. The van der Waals surface area contributed by atoms with Crippen molar-refractivity contribution in [2.75, 3.05) is 18.0 Å². The average Bonchev–Trinajstić information content (AvgIpc) is 3.03. The Balaban J connectivity index is 1.58. The number of hydrogen-bond donors (Lipinski definition) is 2. The molecule has 0 saturated carbocycles. The van der Waals surface area contributed by atoms with Crippen LogP contribution in [0.1, 0.15) is 23.7 Å². The molecule has 0 bridgehead atoms. The summed E-state index contributed by atoms with van der Waals surface area (Å²) in [6.07, 6.45) is 3.38. The van der Waals surface area contributed by atoms with Crippen LogP contribution in [0.5, 0.6) is 0 Å². The Morgan fingerprint density at radius 1 is 1.38 bits per heavy atom. The molecule has 1 unspecified atom stereocenters. The van der Waals surface area contributed by atoms with Gasteiger partial charge >= 0.3 is 0 Å². The van der Waals surface area contributed by atoms with Crippen molar-refractivity contribution in [2.24, 2.45) is 0 Å². The minimum atomic E-state index is -1.15. The Labute approximate surface area is 149 Å². The summed E-state index contributed by atoms with van der Waals surface area (Å²) in [4.78, 5) is 18.7. The fourth-order valence-electron chi connectivity index (χ4n) is 2.90. The molecule has 1 aromatic carbocycles. The molecule has 0 spiro atoms. The molecule has 2 heterocycles. The van der Waals surface area contributed by atoms with E-state index in [0.717, 1.165) is 35.2 Å². The number of aliphatic hydroxyl groups is 1. The summed E-state index contributed by atoms with van der Waals surface area (Å²) in [7, 11) is 0. The predicted octanol–water partition coefficient (Wildman–Crippen LogP) is 2.58. The van der Waals surface area contributed by atoms with Crippen LogP contribution in [0, 0.1) is 6.92 Å².